The van der Waals surface area contributed by atoms with Crippen molar-refractivity contribution in [2.24, 2.45) is 0 Å². The predicted octanol–water partition coefficient (Wildman–Crippen LogP) is 3.75. The van der Waals surface area contributed by atoms with Gasteiger partial charge in [0.25, 0.3) is 6.47 Å². The Hall–Kier alpha value is 1.37. The number of fused-ring (bicyclic) bond motifs is 2. The largest absolute Gasteiger partial charge is 1.00 e. The van der Waals surface area contributed by atoms with E-state index in [1.54, 1.807) is 28.7 Å². The smallest absolute Gasteiger partial charge is 1.00 e. The van der Waals surface area contributed by atoms with Gasteiger partial charge in [-0.25, -0.2) is 0 Å². The molecule has 0 aliphatic carbocycles. The number of benzene rings is 4. The van der Waals surface area contributed by atoms with Crippen LogP contribution in [-0.2, 0) is 21.6 Å². The van der Waals surface area contributed by atoms with E-state index in [9.17, 15) is 5.11 Å². The molecule has 0 radical (unpaired) electrons. The van der Waals surface area contributed by atoms with Crippen LogP contribution < -0.4 is 148 Å². The molecule has 6 rings (SSSR count). The standard InChI is InChI=1S/C15H11BrOS.C8H5BrOS.C7H7Br.CH2O3.2Cs.H/c16-13-6-7-14(15-12(13)8-9-18-15)17-10-11-4-2-1-3-5-11;9-6-1-2-7(10)8-5(6)3-4-11-8;8-6-7-4-2-1-3-5-7;2-1-4-3;;;/h1-9H,10H2;1-4,10H;1-5H,6H2;1,3H;;;/q;;;;2*+1;-1/p-1. The number of hydrogen-bond donors (Lipinski definition) is 1. The van der Waals surface area contributed by atoms with Crippen LogP contribution in [0.3, 0.4) is 0 Å². The maximum Gasteiger partial charge on any atom is 1.00 e. The van der Waals surface area contributed by atoms with Gasteiger partial charge >= 0.3 is 138 Å². The molecule has 2 aromatic heterocycles. The summed E-state index contributed by atoms with van der Waals surface area (Å²) in [7, 11) is 0. The number of carbonyl (C=O) groups is 1. The van der Waals surface area contributed by atoms with Gasteiger partial charge < -0.3 is 21.4 Å². The number of halogens is 3. The Bertz CT molecular complexity index is 1610. The fraction of sp³-hybridized carbons (Fsp3) is 0.0645. The Kier molecular flexibility index (Phi) is 24.2. The maximum atomic E-state index is 9.37. The van der Waals surface area contributed by atoms with Gasteiger partial charge in [-0.1, -0.05) is 108 Å². The number of phenols is 1. The first-order valence-electron chi connectivity index (χ1n) is 12.0. The molecule has 0 fully saturated rings. The quantitative estimate of drug-likeness (QED) is 0.123. The van der Waals surface area contributed by atoms with Gasteiger partial charge in [0.2, 0.25) is 0 Å². The topological polar surface area (TPSA) is 78.8 Å². The first-order valence-corrected chi connectivity index (χ1v) is 16.4. The summed E-state index contributed by atoms with van der Waals surface area (Å²) in [6.07, 6.45) is 0. The molecule has 1 N–H and O–H groups in total. The van der Waals surface area contributed by atoms with Crippen molar-refractivity contribution >= 4 is 97.1 Å². The molecule has 0 atom stereocenters. The summed E-state index contributed by atoms with van der Waals surface area (Å²) >= 11 is 13.6. The second-order valence-electron chi connectivity index (χ2n) is 8.02. The van der Waals surface area contributed by atoms with Crippen molar-refractivity contribution in [1.82, 2.24) is 0 Å². The van der Waals surface area contributed by atoms with E-state index in [0.717, 1.165) is 30.1 Å². The van der Waals surface area contributed by atoms with E-state index in [4.69, 9.17) is 14.8 Å². The molecule has 12 heteroatoms. The van der Waals surface area contributed by atoms with E-state index >= 15 is 0 Å². The minimum atomic E-state index is -0.181. The van der Waals surface area contributed by atoms with Gasteiger partial charge in [0.05, 0.1) is 9.40 Å². The number of phenolic OH excluding ortho intramolecular Hbond substituents is 1. The Morgan fingerprint density at radius 2 is 1.23 bits per heavy atom. The number of ether oxygens (including phenoxy) is 1. The van der Waals surface area contributed by atoms with Gasteiger partial charge in [-0.3, -0.25) is 4.79 Å². The first kappa shape index (κ1) is 42.4. The molecule has 214 valence electrons. The molecule has 0 unspecified atom stereocenters. The van der Waals surface area contributed by atoms with E-state index in [1.165, 1.54) is 21.2 Å². The van der Waals surface area contributed by atoms with Crippen molar-refractivity contribution in [3.8, 4) is 11.5 Å². The van der Waals surface area contributed by atoms with Gasteiger partial charge in [0.15, 0.2) is 0 Å². The van der Waals surface area contributed by atoms with E-state index in [1.807, 2.05) is 66.0 Å². The number of thiophene rings is 2. The Balaban J connectivity index is 0.000000615. The normalized spacial score (nSPS) is 9.40. The van der Waals surface area contributed by atoms with E-state index < -0.39 is 0 Å². The van der Waals surface area contributed by atoms with Crippen LogP contribution in [0, 0.1) is 0 Å². The third kappa shape index (κ3) is 14.6. The summed E-state index contributed by atoms with van der Waals surface area (Å²) < 4.78 is 10.2. The molecule has 6 aromatic rings. The molecular weight excluding hydrogens is 1020 g/mol. The second-order valence-corrected chi connectivity index (χ2v) is 12.1. The third-order valence-corrected chi connectivity index (χ3v) is 9.24. The second kappa shape index (κ2) is 24.5. The zero-order valence-corrected chi connectivity index (χ0v) is 42.4. The fourth-order valence-electron chi connectivity index (χ4n) is 3.43. The Labute approximate surface area is 403 Å². The van der Waals surface area contributed by atoms with Crippen LogP contribution in [0.5, 0.6) is 11.5 Å². The molecule has 0 saturated heterocycles. The van der Waals surface area contributed by atoms with Gasteiger partial charge in [-0.2, -0.15) is 0 Å². The van der Waals surface area contributed by atoms with Crippen molar-refractivity contribution in [3.05, 3.63) is 128 Å². The van der Waals surface area contributed by atoms with Crippen molar-refractivity contribution in [2.45, 2.75) is 11.9 Å². The van der Waals surface area contributed by atoms with Gasteiger partial charge in [0, 0.05) is 25.0 Å². The van der Waals surface area contributed by atoms with E-state index in [-0.39, 0.29) is 146 Å². The summed E-state index contributed by atoms with van der Waals surface area (Å²) in [5.74, 6) is 1.31. The molecule has 2 heterocycles. The number of aromatic hydroxyl groups is 1. The van der Waals surface area contributed by atoms with Gasteiger partial charge in [-0.15, -0.1) is 22.7 Å². The fourth-order valence-corrected chi connectivity index (χ4v) is 6.72. The molecule has 0 spiro atoms. The summed E-state index contributed by atoms with van der Waals surface area (Å²) in [5.41, 5.74) is 2.51. The third-order valence-electron chi connectivity index (χ3n) is 5.34. The zero-order chi connectivity index (χ0) is 29.5. The molecule has 0 bridgehead atoms. The summed E-state index contributed by atoms with van der Waals surface area (Å²) in [5, 5.41) is 25.1. The Morgan fingerprint density at radius 1 is 0.744 bits per heavy atom. The molecule has 0 saturated carbocycles. The van der Waals surface area contributed by atoms with Crippen molar-refractivity contribution in [3.63, 3.8) is 0 Å². The van der Waals surface area contributed by atoms with Crippen molar-refractivity contribution in [1.29, 1.82) is 0 Å². The summed E-state index contributed by atoms with van der Waals surface area (Å²) in [6.45, 7) is 0.426. The average molecular weight is 1050 g/mol. The number of rotatable bonds is 5. The monoisotopic (exact) mass is 1040 g/mol. The number of hydrogen-bond acceptors (Lipinski definition) is 7. The van der Waals surface area contributed by atoms with Crippen molar-refractivity contribution < 1.29 is 164 Å². The molecule has 5 nitrogen and oxygen atoms in total. The number of alkyl halides is 1. The van der Waals surface area contributed by atoms with E-state index in [0.29, 0.717) is 12.4 Å². The summed E-state index contributed by atoms with van der Waals surface area (Å²) in [4.78, 5) is 11.2. The zero-order valence-electron chi connectivity index (χ0n) is 24.4. The minimum Gasteiger partial charge on any atom is -1.00 e. The van der Waals surface area contributed by atoms with Crippen LogP contribution in [0.15, 0.2) is 117 Å². The maximum absolute atomic E-state index is 9.37. The van der Waals surface area contributed by atoms with Gasteiger partial charge in [0.1, 0.15) is 18.1 Å². The molecule has 4 aromatic carbocycles. The molecule has 0 amide bonds. The van der Waals surface area contributed by atoms with Crippen LogP contribution in [-0.4, -0.2) is 11.6 Å². The molecule has 0 aliphatic rings. The molecule has 43 heavy (non-hydrogen) atoms. The average Bonchev–Trinajstić information content (AvgIpc) is 3.73. The van der Waals surface area contributed by atoms with Crippen molar-refractivity contribution in [2.75, 3.05) is 0 Å². The predicted molar refractivity (Wildman–Crippen MR) is 179 cm³/mol. The van der Waals surface area contributed by atoms with Crippen LogP contribution in [0.4, 0.5) is 0 Å². The van der Waals surface area contributed by atoms with Gasteiger partial charge in [-0.05, 0) is 58.3 Å². The van der Waals surface area contributed by atoms with Crippen LogP contribution in [0.25, 0.3) is 20.2 Å². The summed E-state index contributed by atoms with van der Waals surface area (Å²) in [6, 6.07) is 32.2. The van der Waals surface area contributed by atoms with Crippen LogP contribution in [0.2, 0.25) is 0 Å². The first-order chi connectivity index (χ1) is 20.0. The van der Waals surface area contributed by atoms with Crippen LogP contribution in [0.1, 0.15) is 12.6 Å². The minimum absolute atomic E-state index is 0. The molecular formula is C31H25Br3Cs2O5S2. The molecule has 0 aliphatic heterocycles. The SMILES string of the molecule is BrCc1ccccc1.Brc1ccc(OCc2ccccc2)c2sccc12.O=CO[O-].Oc1ccc(Br)c2ccsc12.[Cs+].[Cs+].[H-]. The van der Waals surface area contributed by atoms with E-state index in [2.05, 4.69) is 88.4 Å². The Morgan fingerprint density at radius 3 is 1.72 bits per heavy atom. The number of carbonyl (C=O) groups excluding carboxylic acids is 1. The van der Waals surface area contributed by atoms with Crippen LogP contribution >= 0.6 is 70.5 Å².